The van der Waals surface area contributed by atoms with E-state index in [-0.39, 0.29) is 0 Å². The molecule has 0 N–H and O–H groups in total. The number of hydrogen-bond donors (Lipinski definition) is 0. The fraction of sp³-hybridized carbons (Fsp3) is 0.0625. The van der Waals surface area contributed by atoms with Crippen LogP contribution >= 0.6 is 0 Å². The highest BCUT2D eigenvalue weighted by Crippen LogP contribution is 2.65. The lowest BCUT2D eigenvalue weighted by molar-refractivity contribution is 0.358. The number of anilines is 5. The molecule has 70 heavy (non-hydrogen) atoms. The molecular weight excluding hydrogens is 861 g/mol. The monoisotopic (exact) mass is 908 g/mol. The van der Waals surface area contributed by atoms with Gasteiger partial charge in [0.25, 0.3) is 0 Å². The molecule has 0 fully saturated rings. The fourth-order valence-corrected chi connectivity index (χ4v) is 10.7. The molecule has 6 nitrogen and oxygen atoms in total. The average molecular weight is 909 g/mol. The summed E-state index contributed by atoms with van der Waals surface area (Å²) in [6, 6.07) is 69.2. The molecule has 9 aromatic rings. The van der Waals surface area contributed by atoms with Crippen LogP contribution in [0.2, 0.25) is 0 Å². The molecule has 2 aliphatic carbocycles. The highest BCUT2D eigenvalue weighted by molar-refractivity contribution is 5.96. The number of para-hydroxylation sites is 6. The number of rotatable bonds is 7. The Morgan fingerprint density at radius 2 is 0.971 bits per heavy atom. The van der Waals surface area contributed by atoms with E-state index in [4.69, 9.17) is 18.9 Å². The summed E-state index contributed by atoms with van der Waals surface area (Å²) in [6.45, 7) is 10.3. The van der Waals surface area contributed by atoms with Gasteiger partial charge in [0.2, 0.25) is 0 Å². The van der Waals surface area contributed by atoms with Crippen molar-refractivity contribution < 1.29 is 18.9 Å². The highest BCUT2D eigenvalue weighted by Gasteiger charge is 2.51. The summed E-state index contributed by atoms with van der Waals surface area (Å²) in [7, 11) is 0. The second-order valence-corrected chi connectivity index (χ2v) is 17.1. The molecule has 0 saturated heterocycles. The van der Waals surface area contributed by atoms with Gasteiger partial charge >= 0.3 is 0 Å². The summed E-state index contributed by atoms with van der Waals surface area (Å²) >= 11 is 0. The van der Waals surface area contributed by atoms with Gasteiger partial charge in [0.15, 0.2) is 46.0 Å². The van der Waals surface area contributed by atoms with E-state index in [1.807, 2.05) is 81.4 Å². The maximum atomic E-state index is 7.13. The van der Waals surface area contributed by atoms with Gasteiger partial charge in [-0.2, -0.15) is 0 Å². The SMILES string of the molecule is C=C/C(=C\C)N(c1ccccc1)c1cc2c(c3c1Oc1ccccc1O3)C=Cc1cc3c(cc1C21c2ccccc2-c2ccccc21)Oc1cccc(N(c2ccccc2)c2ccccc2)c1O3.CC. The molecule has 0 amide bonds. The number of fused-ring (bicyclic) bond motifs is 14. The Balaban J connectivity index is 0.00000249. The molecule has 13 rings (SSSR count). The van der Waals surface area contributed by atoms with Crippen LogP contribution in [-0.4, -0.2) is 0 Å². The topological polar surface area (TPSA) is 43.4 Å². The van der Waals surface area contributed by atoms with Crippen molar-refractivity contribution in [2.75, 3.05) is 9.80 Å². The third-order valence-corrected chi connectivity index (χ3v) is 13.5. The summed E-state index contributed by atoms with van der Waals surface area (Å²) < 4.78 is 28.4. The van der Waals surface area contributed by atoms with Crippen molar-refractivity contribution in [3.63, 3.8) is 0 Å². The van der Waals surface area contributed by atoms with E-state index in [1.165, 1.54) is 0 Å². The second-order valence-electron chi connectivity index (χ2n) is 17.1. The van der Waals surface area contributed by atoms with Crippen molar-refractivity contribution in [1.82, 2.24) is 0 Å². The van der Waals surface area contributed by atoms with Crippen LogP contribution in [0.4, 0.5) is 28.4 Å². The lowest BCUT2D eigenvalue weighted by Gasteiger charge is -2.39. The normalized spacial score (nSPS) is 13.4. The number of allylic oxidation sites excluding steroid dienone is 2. The van der Waals surface area contributed by atoms with Gasteiger partial charge in [-0.05, 0) is 131 Å². The van der Waals surface area contributed by atoms with Crippen molar-refractivity contribution in [2.24, 2.45) is 0 Å². The van der Waals surface area contributed by atoms with Gasteiger partial charge in [0, 0.05) is 28.3 Å². The van der Waals surface area contributed by atoms with E-state index in [9.17, 15) is 0 Å². The first-order valence-corrected chi connectivity index (χ1v) is 23.9. The molecule has 0 saturated carbocycles. The van der Waals surface area contributed by atoms with Gasteiger partial charge in [-0.1, -0.05) is 160 Å². The van der Waals surface area contributed by atoms with Crippen molar-refractivity contribution in [3.8, 4) is 57.1 Å². The quantitative estimate of drug-likeness (QED) is 0.148. The summed E-state index contributed by atoms with van der Waals surface area (Å²) in [6.07, 6.45) is 8.34. The Labute approximate surface area is 408 Å². The van der Waals surface area contributed by atoms with Crippen LogP contribution in [0.15, 0.2) is 225 Å². The zero-order valence-electron chi connectivity index (χ0n) is 39.1. The molecule has 0 bridgehead atoms. The maximum Gasteiger partial charge on any atom is 0.194 e. The average Bonchev–Trinajstić information content (AvgIpc) is 3.64. The number of ether oxygens (including phenoxy) is 4. The molecule has 338 valence electrons. The molecule has 4 aliphatic rings. The molecule has 1 spiro atoms. The molecule has 0 aromatic heterocycles. The van der Waals surface area contributed by atoms with Gasteiger partial charge in [-0.3, -0.25) is 0 Å². The first kappa shape index (κ1) is 42.4. The predicted molar refractivity (Wildman–Crippen MR) is 284 cm³/mol. The van der Waals surface area contributed by atoms with Crippen LogP contribution in [-0.2, 0) is 5.41 Å². The molecule has 9 aromatic carbocycles. The van der Waals surface area contributed by atoms with Gasteiger partial charge in [0.05, 0.1) is 16.8 Å². The van der Waals surface area contributed by atoms with Crippen molar-refractivity contribution in [2.45, 2.75) is 26.2 Å². The standard InChI is InChI=1S/C62H42N2O4.C2H6/c1-3-41(4-2)63(42-21-8-5-9-22-42)53-38-51-47(59-61(53)67-55-33-19-18-32-54(55)66-59)36-35-40-37-57-58(39-50(40)62(51)48-29-16-14-27-45(48)46-28-15-17-30-49(46)62)65-56-34-20-31-52(60(56)68-57)64(43-23-10-6-11-24-43)44-25-12-7-13-26-44;1-2/h3-39H,1H2,2H3;1-2H3/b41-4+;. The Hall–Kier alpha value is -9.00. The van der Waals surface area contributed by atoms with Gasteiger partial charge in [0.1, 0.15) is 0 Å². The summed E-state index contributed by atoms with van der Waals surface area (Å²) in [5, 5.41) is 0. The van der Waals surface area contributed by atoms with E-state index in [0.29, 0.717) is 46.0 Å². The Morgan fingerprint density at radius 3 is 1.59 bits per heavy atom. The second kappa shape index (κ2) is 17.3. The first-order chi connectivity index (χ1) is 34.6. The molecule has 0 atom stereocenters. The van der Waals surface area contributed by atoms with Crippen LogP contribution in [0.5, 0.6) is 46.0 Å². The van der Waals surface area contributed by atoms with Crippen LogP contribution in [0, 0.1) is 0 Å². The summed E-state index contributed by atoms with van der Waals surface area (Å²) in [4.78, 5) is 4.42. The lowest BCUT2D eigenvalue weighted by atomic mass is 9.65. The third kappa shape index (κ3) is 6.48. The first-order valence-electron chi connectivity index (χ1n) is 23.9. The number of hydrogen-bond acceptors (Lipinski definition) is 6. The van der Waals surface area contributed by atoms with Crippen molar-refractivity contribution >= 4 is 40.6 Å². The van der Waals surface area contributed by atoms with Crippen LogP contribution in [0.3, 0.4) is 0 Å². The highest BCUT2D eigenvalue weighted by atomic mass is 16.6. The predicted octanol–water partition coefficient (Wildman–Crippen LogP) is 18.1. The van der Waals surface area contributed by atoms with E-state index < -0.39 is 5.41 Å². The van der Waals surface area contributed by atoms with E-state index >= 15 is 0 Å². The van der Waals surface area contributed by atoms with E-state index in [2.05, 4.69) is 180 Å². The van der Waals surface area contributed by atoms with Gasteiger partial charge in [-0.15, -0.1) is 0 Å². The minimum absolute atomic E-state index is 0.605. The Morgan fingerprint density at radius 1 is 0.443 bits per heavy atom. The summed E-state index contributed by atoms with van der Waals surface area (Å²) in [5.74, 6) is 5.00. The van der Waals surface area contributed by atoms with Gasteiger partial charge < -0.3 is 28.7 Å². The Bertz CT molecular complexity index is 3480. The molecular formula is C64H48N2O4. The molecule has 2 aliphatic heterocycles. The molecule has 6 heteroatoms. The van der Waals surface area contributed by atoms with Crippen molar-refractivity contribution in [1.29, 1.82) is 0 Å². The smallest absolute Gasteiger partial charge is 0.194 e. The molecule has 0 radical (unpaired) electrons. The zero-order valence-corrected chi connectivity index (χ0v) is 39.1. The van der Waals surface area contributed by atoms with Gasteiger partial charge in [-0.25, -0.2) is 0 Å². The van der Waals surface area contributed by atoms with Crippen LogP contribution in [0.25, 0.3) is 23.3 Å². The zero-order chi connectivity index (χ0) is 47.3. The Kier molecular flexibility index (Phi) is 10.4. The number of nitrogens with zero attached hydrogens (tertiary/aromatic N) is 2. The molecule has 0 unspecified atom stereocenters. The minimum Gasteiger partial charge on any atom is -0.449 e. The minimum atomic E-state index is -0.879. The van der Waals surface area contributed by atoms with Crippen LogP contribution < -0.4 is 28.7 Å². The summed E-state index contributed by atoms with van der Waals surface area (Å²) in [5.41, 5.74) is 13.2. The van der Waals surface area contributed by atoms with Crippen molar-refractivity contribution in [3.05, 3.63) is 258 Å². The van der Waals surface area contributed by atoms with E-state index in [0.717, 1.165) is 78.6 Å². The maximum absolute atomic E-state index is 7.13. The van der Waals surface area contributed by atoms with Crippen LogP contribution in [0.1, 0.15) is 54.2 Å². The lowest BCUT2D eigenvalue weighted by Crippen LogP contribution is -2.31. The molecule has 2 heterocycles. The number of benzene rings is 9. The third-order valence-electron chi connectivity index (χ3n) is 13.5. The fourth-order valence-electron chi connectivity index (χ4n) is 10.7. The largest absolute Gasteiger partial charge is 0.449 e. The van der Waals surface area contributed by atoms with E-state index in [1.54, 1.807) is 0 Å².